The maximum Gasteiger partial charge on any atom is 0.418 e. The highest BCUT2D eigenvalue weighted by molar-refractivity contribution is 7.80. The number of hydrogen-bond donors (Lipinski definition) is 1. The molecule has 1 saturated heterocycles. The van der Waals surface area contributed by atoms with E-state index in [9.17, 15) is 13.2 Å². The first-order chi connectivity index (χ1) is 18.1. The zero-order chi connectivity index (χ0) is 27.2. The highest BCUT2D eigenvalue weighted by Gasteiger charge is 2.43. The van der Waals surface area contributed by atoms with E-state index in [-0.39, 0.29) is 11.7 Å². The smallest absolute Gasteiger partial charge is 0.418 e. The topological polar surface area (TPSA) is 42.3 Å². The highest BCUT2D eigenvalue weighted by atomic mass is 35.5. The van der Waals surface area contributed by atoms with Crippen LogP contribution >= 0.6 is 23.8 Å². The van der Waals surface area contributed by atoms with Crippen molar-refractivity contribution in [2.24, 2.45) is 0 Å². The molecule has 5 nitrogen and oxygen atoms in total. The van der Waals surface area contributed by atoms with E-state index in [2.05, 4.69) is 10.3 Å². The third kappa shape index (κ3) is 4.50. The summed E-state index contributed by atoms with van der Waals surface area (Å²) in [7, 11) is 1.54. The fraction of sp³-hybridized carbons (Fsp3) is 0.214. The van der Waals surface area contributed by atoms with Crippen LogP contribution in [0.2, 0.25) is 5.02 Å². The average molecular weight is 557 g/mol. The molecule has 2 aromatic heterocycles. The van der Waals surface area contributed by atoms with Crippen molar-refractivity contribution in [1.29, 1.82) is 0 Å². The molecule has 0 aliphatic carbocycles. The number of rotatable bonds is 5. The molecule has 1 N–H and O–H groups in total. The Hall–Kier alpha value is -3.56. The van der Waals surface area contributed by atoms with Gasteiger partial charge in [0.1, 0.15) is 5.75 Å². The quantitative estimate of drug-likeness (QED) is 0.260. The van der Waals surface area contributed by atoms with Gasteiger partial charge >= 0.3 is 6.18 Å². The van der Waals surface area contributed by atoms with Crippen LogP contribution in [0.25, 0.3) is 5.69 Å². The Balaban J connectivity index is 1.70. The number of anilines is 1. The maximum absolute atomic E-state index is 13.9. The lowest BCUT2D eigenvalue weighted by atomic mass is 9.96. The molecule has 0 amide bonds. The van der Waals surface area contributed by atoms with Crippen molar-refractivity contribution in [3.63, 3.8) is 0 Å². The monoisotopic (exact) mass is 556 g/mol. The van der Waals surface area contributed by atoms with Gasteiger partial charge in [0.2, 0.25) is 0 Å². The minimum atomic E-state index is -4.50. The molecule has 38 heavy (non-hydrogen) atoms. The molecule has 1 aliphatic rings. The molecule has 0 radical (unpaired) electrons. The van der Waals surface area contributed by atoms with E-state index < -0.39 is 17.8 Å². The number of para-hydroxylation sites is 1. The maximum atomic E-state index is 13.9. The Morgan fingerprint density at radius 3 is 2.42 bits per heavy atom. The molecular formula is C28H24ClF3N4OS. The van der Waals surface area contributed by atoms with Gasteiger partial charge in [-0.05, 0) is 80.2 Å². The summed E-state index contributed by atoms with van der Waals surface area (Å²) in [5.74, 6) is 0.522. The fourth-order valence-corrected chi connectivity index (χ4v) is 5.72. The van der Waals surface area contributed by atoms with Crippen molar-refractivity contribution < 1.29 is 17.9 Å². The third-order valence-corrected chi connectivity index (χ3v) is 7.36. The van der Waals surface area contributed by atoms with Crippen molar-refractivity contribution in [2.75, 3.05) is 12.0 Å². The van der Waals surface area contributed by atoms with Gasteiger partial charge in [-0.25, -0.2) is 0 Å². The summed E-state index contributed by atoms with van der Waals surface area (Å²) in [5.41, 5.74) is 2.99. The lowest BCUT2D eigenvalue weighted by molar-refractivity contribution is -0.137. The summed E-state index contributed by atoms with van der Waals surface area (Å²) in [6.45, 7) is 3.63. The number of thiocarbonyl (C=S) groups is 1. The lowest BCUT2D eigenvalue weighted by Crippen LogP contribution is -2.29. The van der Waals surface area contributed by atoms with E-state index in [0.29, 0.717) is 27.3 Å². The zero-order valence-corrected chi connectivity index (χ0v) is 22.3. The number of methoxy groups -OCH3 is 1. The number of nitrogens with one attached hydrogen (secondary N) is 1. The van der Waals surface area contributed by atoms with Crippen LogP contribution in [0, 0.1) is 13.8 Å². The van der Waals surface area contributed by atoms with Crippen LogP contribution in [0.5, 0.6) is 5.75 Å². The predicted molar refractivity (Wildman–Crippen MR) is 146 cm³/mol. The van der Waals surface area contributed by atoms with Crippen LogP contribution in [0.3, 0.4) is 0 Å². The summed E-state index contributed by atoms with van der Waals surface area (Å²) in [5, 5.41) is 4.24. The lowest BCUT2D eigenvalue weighted by Gasteiger charge is -2.28. The van der Waals surface area contributed by atoms with Gasteiger partial charge in [0.25, 0.3) is 0 Å². The molecule has 1 aliphatic heterocycles. The van der Waals surface area contributed by atoms with Crippen LogP contribution in [0.4, 0.5) is 18.9 Å². The van der Waals surface area contributed by atoms with Crippen LogP contribution in [0.15, 0.2) is 72.9 Å². The molecule has 0 unspecified atom stereocenters. The normalized spacial score (nSPS) is 17.6. The average Bonchev–Trinajstić information content (AvgIpc) is 3.38. The van der Waals surface area contributed by atoms with Crippen LogP contribution in [-0.2, 0) is 6.18 Å². The third-order valence-electron chi connectivity index (χ3n) is 6.75. The Morgan fingerprint density at radius 2 is 1.76 bits per heavy atom. The number of pyridine rings is 1. The Kier molecular flexibility index (Phi) is 6.83. The first-order valence-electron chi connectivity index (χ1n) is 11.8. The minimum Gasteiger partial charge on any atom is -0.495 e. The molecule has 10 heteroatoms. The fourth-order valence-electron chi connectivity index (χ4n) is 5.12. The molecule has 2 aromatic carbocycles. The molecule has 5 rings (SSSR count). The summed E-state index contributed by atoms with van der Waals surface area (Å²) >= 11 is 12.2. The van der Waals surface area contributed by atoms with Crippen molar-refractivity contribution >= 4 is 34.6 Å². The minimum absolute atomic E-state index is 0.0724. The number of benzene rings is 2. The SMILES string of the molecule is COc1ccc(N2C(=S)N[C@@H](c3ccccn3)[C@H]2c2cc(C)n(-c3ccccc3C(F)(F)F)c2C)cc1Cl. The molecular weight excluding hydrogens is 533 g/mol. The Labute approximate surface area is 228 Å². The molecule has 1 fully saturated rings. The zero-order valence-electron chi connectivity index (χ0n) is 20.8. The number of aryl methyl sites for hydroxylation is 1. The van der Waals surface area contributed by atoms with Gasteiger partial charge in [0.15, 0.2) is 5.11 Å². The van der Waals surface area contributed by atoms with Crippen LogP contribution < -0.4 is 15.0 Å². The second-order valence-corrected chi connectivity index (χ2v) is 9.79. The van der Waals surface area contributed by atoms with Crippen molar-refractivity contribution in [3.05, 3.63) is 106 Å². The molecule has 0 saturated carbocycles. The molecule has 4 aromatic rings. The number of nitrogens with zero attached hydrogens (tertiary/aromatic N) is 3. The number of ether oxygens (including phenoxy) is 1. The number of aromatic nitrogens is 2. The number of alkyl halides is 3. The van der Waals surface area contributed by atoms with Gasteiger partial charge in [0, 0.05) is 23.3 Å². The first-order valence-corrected chi connectivity index (χ1v) is 12.6. The van der Waals surface area contributed by atoms with Crippen LogP contribution in [-0.4, -0.2) is 21.8 Å². The summed E-state index contributed by atoms with van der Waals surface area (Å²) in [6, 6.07) is 17.7. The Bertz CT molecular complexity index is 1510. The van der Waals surface area contributed by atoms with E-state index in [1.165, 1.54) is 19.2 Å². The van der Waals surface area contributed by atoms with E-state index in [0.717, 1.165) is 23.0 Å². The van der Waals surface area contributed by atoms with Crippen molar-refractivity contribution in [3.8, 4) is 11.4 Å². The van der Waals surface area contributed by atoms with Gasteiger partial charge in [-0.15, -0.1) is 0 Å². The second kappa shape index (κ2) is 9.96. The van der Waals surface area contributed by atoms with E-state index in [1.54, 1.807) is 35.9 Å². The molecule has 3 heterocycles. The number of hydrogen-bond acceptors (Lipinski definition) is 3. The predicted octanol–water partition coefficient (Wildman–Crippen LogP) is 7.35. The van der Waals surface area contributed by atoms with Gasteiger partial charge in [0.05, 0.1) is 41.2 Å². The van der Waals surface area contributed by atoms with Crippen LogP contribution in [0.1, 0.15) is 40.3 Å². The largest absolute Gasteiger partial charge is 0.495 e. The van der Waals surface area contributed by atoms with Crippen molar-refractivity contribution in [1.82, 2.24) is 14.9 Å². The van der Waals surface area contributed by atoms with E-state index in [4.69, 9.17) is 28.6 Å². The highest BCUT2D eigenvalue weighted by Crippen LogP contribution is 2.45. The summed E-state index contributed by atoms with van der Waals surface area (Å²) < 4.78 is 48.8. The van der Waals surface area contributed by atoms with Gasteiger partial charge in [-0.2, -0.15) is 13.2 Å². The molecule has 196 valence electrons. The molecule has 0 bridgehead atoms. The Morgan fingerprint density at radius 1 is 1.03 bits per heavy atom. The van der Waals surface area contributed by atoms with E-state index in [1.807, 2.05) is 42.2 Å². The second-order valence-electron chi connectivity index (χ2n) is 8.99. The van der Waals surface area contributed by atoms with E-state index >= 15 is 0 Å². The number of halogens is 4. The van der Waals surface area contributed by atoms with Gasteiger partial charge in [-0.1, -0.05) is 29.8 Å². The summed E-state index contributed by atoms with van der Waals surface area (Å²) in [4.78, 5) is 6.49. The van der Waals surface area contributed by atoms with Gasteiger partial charge < -0.3 is 19.5 Å². The van der Waals surface area contributed by atoms with Gasteiger partial charge in [-0.3, -0.25) is 4.98 Å². The molecule has 0 spiro atoms. The standard InChI is InChI=1S/C28H24ClF3N4OS/c1-16-14-19(17(2)35(16)23-10-5-4-8-20(23)28(30,31)32)26-25(22-9-6-7-13-33-22)34-27(38)36(26)18-11-12-24(37-3)21(29)15-18/h4-15,25-26H,1-3H3,(H,34,38)/t25-,26+/m0/s1. The molecule has 2 atom stereocenters. The first kappa shape index (κ1) is 26.1. The summed E-state index contributed by atoms with van der Waals surface area (Å²) in [6.07, 6.45) is -2.80. The van der Waals surface area contributed by atoms with Crippen molar-refractivity contribution in [2.45, 2.75) is 32.1 Å².